The molecule has 1 aliphatic heterocycles. The highest BCUT2D eigenvalue weighted by atomic mass is 32.2. The molecule has 0 aromatic rings. The summed E-state index contributed by atoms with van der Waals surface area (Å²) >= 11 is 0. The van der Waals surface area contributed by atoms with Crippen molar-refractivity contribution < 1.29 is 21.6 Å². The largest absolute Gasteiger partial charge is 0.298 e. The maximum atomic E-state index is 12.0. The van der Waals surface area contributed by atoms with Crippen LogP contribution in [0.2, 0.25) is 0 Å². The van der Waals surface area contributed by atoms with Crippen LogP contribution in [0.25, 0.3) is 0 Å². The number of carbonyl (C=O) groups is 1. The van der Waals surface area contributed by atoms with E-state index in [4.69, 9.17) is 0 Å². The molecule has 0 radical (unpaired) electrons. The Morgan fingerprint density at radius 2 is 1.83 bits per heavy atom. The molecule has 0 aromatic heterocycles. The molecule has 0 amide bonds. The number of Topliss-reactive ketones (excluding diaryl/α,β-unsaturated/α-hetero) is 1. The number of carbonyl (C=O) groups excluding carboxylic acids is 1. The topological polar surface area (TPSA) is 97.4 Å². The smallest absolute Gasteiger partial charge is 0.215 e. The van der Waals surface area contributed by atoms with E-state index in [1.165, 1.54) is 6.92 Å². The second kappa shape index (κ2) is 5.66. The first-order valence-corrected chi connectivity index (χ1v) is 9.29. The first-order chi connectivity index (χ1) is 8.18. The third kappa shape index (κ3) is 4.03. The molecule has 0 aromatic carbocycles. The lowest BCUT2D eigenvalue weighted by Gasteiger charge is -2.23. The van der Waals surface area contributed by atoms with E-state index >= 15 is 0 Å². The van der Waals surface area contributed by atoms with Crippen LogP contribution >= 0.6 is 0 Å². The summed E-state index contributed by atoms with van der Waals surface area (Å²) in [5, 5.41) is -0.715. The van der Waals surface area contributed by atoms with Crippen molar-refractivity contribution in [1.29, 1.82) is 0 Å². The van der Waals surface area contributed by atoms with Crippen LogP contribution < -0.4 is 4.72 Å². The van der Waals surface area contributed by atoms with Crippen LogP contribution in [-0.2, 0) is 24.7 Å². The Kier molecular flexibility index (Phi) is 4.90. The molecular formula is C10H19NO5S2. The van der Waals surface area contributed by atoms with Gasteiger partial charge in [-0.05, 0) is 19.8 Å². The minimum atomic E-state index is -3.62. The van der Waals surface area contributed by atoms with Crippen LogP contribution in [0.3, 0.4) is 0 Å². The van der Waals surface area contributed by atoms with Gasteiger partial charge in [-0.15, -0.1) is 0 Å². The lowest BCUT2D eigenvalue weighted by Crippen LogP contribution is -2.45. The summed E-state index contributed by atoms with van der Waals surface area (Å²) < 4.78 is 48.7. The second-order valence-corrected chi connectivity index (χ2v) is 8.85. The Hall–Kier alpha value is -0.470. The van der Waals surface area contributed by atoms with Crippen molar-refractivity contribution in [2.75, 3.05) is 11.5 Å². The summed E-state index contributed by atoms with van der Waals surface area (Å²) in [5.74, 6) is -0.384. The lowest BCUT2D eigenvalue weighted by atomic mass is 10.2. The van der Waals surface area contributed by atoms with Crippen molar-refractivity contribution in [3.8, 4) is 0 Å². The quantitative estimate of drug-likeness (QED) is 0.761. The average Bonchev–Trinajstić information content (AvgIpc) is 2.26. The molecule has 6 nitrogen and oxygen atoms in total. The molecule has 0 bridgehead atoms. The first-order valence-electron chi connectivity index (χ1n) is 5.92. The lowest BCUT2D eigenvalue weighted by molar-refractivity contribution is -0.119. The summed E-state index contributed by atoms with van der Waals surface area (Å²) in [7, 11) is -6.71. The molecule has 1 unspecified atom stereocenters. The number of hydrogen-bond acceptors (Lipinski definition) is 5. The van der Waals surface area contributed by atoms with Crippen LogP contribution in [0.4, 0.5) is 0 Å². The van der Waals surface area contributed by atoms with E-state index in [1.54, 1.807) is 6.92 Å². The second-order valence-electron chi connectivity index (χ2n) is 4.56. The van der Waals surface area contributed by atoms with E-state index in [0.29, 0.717) is 0 Å². The molecule has 18 heavy (non-hydrogen) atoms. The van der Waals surface area contributed by atoms with E-state index in [2.05, 4.69) is 4.72 Å². The highest BCUT2D eigenvalue weighted by Gasteiger charge is 2.34. The fraction of sp³-hybridized carbons (Fsp3) is 0.900. The third-order valence-corrected chi connectivity index (χ3v) is 6.86. The normalized spacial score (nSPS) is 22.6. The highest BCUT2D eigenvalue weighted by Crippen LogP contribution is 2.19. The average molecular weight is 297 g/mol. The number of nitrogens with one attached hydrogen (secondary N) is 1. The minimum Gasteiger partial charge on any atom is -0.298 e. The molecule has 0 saturated carbocycles. The zero-order valence-corrected chi connectivity index (χ0v) is 12.2. The number of sulfone groups is 1. The fourth-order valence-corrected chi connectivity index (χ4v) is 5.36. The van der Waals surface area contributed by atoms with Gasteiger partial charge in [-0.3, -0.25) is 4.79 Å². The molecule has 1 aliphatic rings. The van der Waals surface area contributed by atoms with E-state index in [0.717, 1.165) is 0 Å². The number of hydrogen-bond donors (Lipinski definition) is 1. The Balaban J connectivity index is 2.68. The molecule has 1 rings (SSSR count). The number of sulfonamides is 1. The maximum Gasteiger partial charge on any atom is 0.215 e. The predicted molar refractivity (Wildman–Crippen MR) is 68.5 cm³/mol. The fourth-order valence-electron chi connectivity index (χ4n) is 1.89. The van der Waals surface area contributed by atoms with Crippen LogP contribution in [0.1, 0.15) is 33.1 Å². The predicted octanol–water partition coefficient (Wildman–Crippen LogP) is -0.149. The molecule has 1 atom stereocenters. The number of ketones is 1. The van der Waals surface area contributed by atoms with Gasteiger partial charge in [0.15, 0.2) is 0 Å². The van der Waals surface area contributed by atoms with Crippen molar-refractivity contribution in [3.63, 3.8) is 0 Å². The van der Waals surface area contributed by atoms with Crippen LogP contribution in [0.15, 0.2) is 0 Å². The molecule has 0 spiro atoms. The van der Waals surface area contributed by atoms with Gasteiger partial charge in [0.25, 0.3) is 0 Å². The Bertz CT molecular complexity index is 494. The molecule has 1 fully saturated rings. The van der Waals surface area contributed by atoms with Crippen molar-refractivity contribution in [3.05, 3.63) is 0 Å². The third-order valence-electron chi connectivity index (χ3n) is 3.11. The van der Waals surface area contributed by atoms with Gasteiger partial charge < -0.3 is 0 Å². The van der Waals surface area contributed by atoms with Gasteiger partial charge in [-0.2, -0.15) is 0 Å². The summed E-state index contributed by atoms with van der Waals surface area (Å²) in [6.07, 6.45) is 0.470. The van der Waals surface area contributed by atoms with Gasteiger partial charge in [0.2, 0.25) is 10.0 Å². The van der Waals surface area contributed by atoms with Gasteiger partial charge in [-0.25, -0.2) is 21.6 Å². The Morgan fingerprint density at radius 3 is 2.28 bits per heavy atom. The van der Waals surface area contributed by atoms with E-state index in [1.807, 2.05) is 0 Å². The molecule has 1 saturated heterocycles. The highest BCUT2D eigenvalue weighted by molar-refractivity contribution is 7.92. The van der Waals surface area contributed by atoms with Gasteiger partial charge in [-0.1, -0.05) is 6.92 Å². The van der Waals surface area contributed by atoms with E-state index in [9.17, 15) is 21.6 Å². The molecule has 106 valence electrons. The van der Waals surface area contributed by atoms with Gasteiger partial charge in [0.1, 0.15) is 15.6 Å². The summed E-state index contributed by atoms with van der Waals surface area (Å²) in [6, 6.07) is -0.751. The van der Waals surface area contributed by atoms with Crippen LogP contribution in [0.5, 0.6) is 0 Å². The monoisotopic (exact) mass is 297 g/mol. The van der Waals surface area contributed by atoms with Crippen LogP contribution in [0, 0.1) is 0 Å². The first kappa shape index (κ1) is 15.6. The number of rotatable bonds is 5. The maximum absolute atomic E-state index is 12.0. The Morgan fingerprint density at radius 1 is 1.33 bits per heavy atom. The molecule has 0 aliphatic carbocycles. The molecule has 1 N–H and O–H groups in total. The van der Waals surface area contributed by atoms with E-state index in [-0.39, 0.29) is 36.6 Å². The van der Waals surface area contributed by atoms with Gasteiger partial charge in [0.05, 0.1) is 22.8 Å². The molecule has 1 heterocycles. The summed E-state index contributed by atoms with van der Waals surface area (Å²) in [4.78, 5) is 11.4. The molecular weight excluding hydrogens is 278 g/mol. The van der Waals surface area contributed by atoms with E-state index < -0.39 is 31.2 Å². The van der Waals surface area contributed by atoms with Crippen molar-refractivity contribution in [2.24, 2.45) is 0 Å². The molecule has 8 heteroatoms. The summed E-state index contributed by atoms with van der Waals surface area (Å²) in [5.41, 5.74) is 0. The SMILES string of the molecule is CCC(=O)C(C)NS(=O)(=O)C1CCS(=O)(=O)CC1. The minimum absolute atomic E-state index is 0.102. The Labute approximate surface area is 108 Å². The van der Waals surface area contributed by atoms with Crippen molar-refractivity contribution >= 4 is 25.6 Å². The summed E-state index contributed by atoms with van der Waals surface area (Å²) in [6.45, 7) is 3.17. The van der Waals surface area contributed by atoms with Gasteiger partial charge in [0, 0.05) is 6.42 Å². The standard InChI is InChI=1S/C10H19NO5S2/c1-3-10(12)8(2)11-18(15,16)9-4-6-17(13,14)7-5-9/h8-9,11H,3-7H2,1-2H3. The van der Waals surface area contributed by atoms with Gasteiger partial charge >= 0.3 is 0 Å². The van der Waals surface area contributed by atoms with Crippen molar-refractivity contribution in [1.82, 2.24) is 4.72 Å². The van der Waals surface area contributed by atoms with Crippen LogP contribution in [-0.4, -0.2) is 45.4 Å². The zero-order valence-electron chi connectivity index (χ0n) is 10.5. The zero-order chi connectivity index (χ0) is 14.0. The van der Waals surface area contributed by atoms with Crippen molar-refractivity contribution in [2.45, 2.75) is 44.4 Å².